The lowest BCUT2D eigenvalue weighted by Crippen LogP contribution is -2.17. The van der Waals surface area contributed by atoms with Gasteiger partial charge in [-0.25, -0.2) is 0 Å². The fourth-order valence-corrected chi connectivity index (χ4v) is 10.4. The Labute approximate surface area is 289 Å². The van der Waals surface area contributed by atoms with Crippen molar-refractivity contribution in [2.45, 2.75) is 0 Å². The van der Waals surface area contributed by atoms with E-state index >= 15 is 0 Å². The van der Waals surface area contributed by atoms with E-state index in [0.29, 0.717) is 11.1 Å². The van der Waals surface area contributed by atoms with Crippen LogP contribution in [0.3, 0.4) is 0 Å². The molecule has 0 aromatic carbocycles. The molecule has 0 bridgehead atoms. The van der Waals surface area contributed by atoms with Crippen LogP contribution in [-0.4, -0.2) is 11.4 Å². The van der Waals surface area contributed by atoms with Crippen LogP contribution in [0.5, 0.6) is 0 Å². The van der Waals surface area contributed by atoms with Crippen molar-refractivity contribution in [1.29, 1.82) is 21.3 Å². The van der Waals surface area contributed by atoms with Crippen LogP contribution in [0.15, 0.2) is 95.7 Å². The standard InChI is InChI=1S/C36H20N4S6/c37-19-21(27-3-1-15-41-27)17-23-5-9-31(43-23)33-13-11-29(45-33)25-7-8-26(36(40)35(25)39)30-12-14-34(46-30)32-10-6-24(44-32)18-22(20-38)28-4-2-16-42-28/h1-18,39-40H/b21-17+,22-18+,39-35?,40-36?. The molecule has 0 unspecified atom stereocenters. The first-order valence-electron chi connectivity index (χ1n) is 13.8. The number of hydrogen-bond acceptors (Lipinski definition) is 10. The molecule has 7 rings (SSSR count). The van der Waals surface area contributed by atoms with E-state index in [9.17, 15) is 10.5 Å². The Hall–Kier alpha value is -4.52. The molecule has 4 nitrogen and oxygen atoms in total. The largest absolute Gasteiger partial charge is 0.298 e. The molecule has 1 aliphatic carbocycles. The second-order valence-electron chi connectivity index (χ2n) is 9.94. The Kier molecular flexibility index (Phi) is 8.57. The molecule has 0 saturated heterocycles. The van der Waals surface area contributed by atoms with Gasteiger partial charge in [0.25, 0.3) is 0 Å². The first-order chi connectivity index (χ1) is 22.5. The van der Waals surface area contributed by atoms with E-state index in [-0.39, 0.29) is 11.4 Å². The molecule has 6 heterocycles. The molecule has 10 heteroatoms. The average Bonchev–Trinajstić information content (AvgIpc) is 3.90. The average molecular weight is 701 g/mol. The molecule has 0 amide bonds. The third-order valence-electron chi connectivity index (χ3n) is 7.07. The highest BCUT2D eigenvalue weighted by Crippen LogP contribution is 2.41. The van der Waals surface area contributed by atoms with Crippen molar-refractivity contribution in [1.82, 2.24) is 0 Å². The number of nitrogens with zero attached hydrogens (tertiary/aromatic N) is 2. The second kappa shape index (κ2) is 13.1. The summed E-state index contributed by atoms with van der Waals surface area (Å²) in [6.07, 6.45) is 7.77. The Balaban J connectivity index is 1.10. The lowest BCUT2D eigenvalue weighted by molar-refractivity contribution is 1.49. The predicted octanol–water partition coefficient (Wildman–Crippen LogP) is 12.0. The molecule has 2 N–H and O–H groups in total. The molecule has 0 aliphatic heterocycles. The van der Waals surface area contributed by atoms with Gasteiger partial charge in [0.2, 0.25) is 0 Å². The van der Waals surface area contributed by atoms with Crippen molar-refractivity contribution in [2.75, 3.05) is 0 Å². The smallest absolute Gasteiger partial charge is 0.101 e. The van der Waals surface area contributed by atoms with E-state index in [1.54, 1.807) is 68.0 Å². The Morgan fingerprint density at radius 2 is 0.913 bits per heavy atom. The molecule has 0 radical (unpaired) electrons. The van der Waals surface area contributed by atoms with Gasteiger partial charge in [0.05, 0.1) is 22.6 Å². The summed E-state index contributed by atoms with van der Waals surface area (Å²) in [5.74, 6) is 0. The van der Waals surface area contributed by atoms with Crippen molar-refractivity contribution in [3.63, 3.8) is 0 Å². The van der Waals surface area contributed by atoms with Gasteiger partial charge < -0.3 is 0 Å². The molecular weight excluding hydrogens is 681 g/mol. The van der Waals surface area contributed by atoms with Gasteiger partial charge >= 0.3 is 0 Å². The number of allylic oxidation sites excluding steroid dienone is 6. The highest BCUT2D eigenvalue weighted by atomic mass is 32.1. The van der Waals surface area contributed by atoms with Gasteiger partial charge in [0.15, 0.2) is 0 Å². The third kappa shape index (κ3) is 6.03. The molecule has 6 aromatic heterocycles. The van der Waals surface area contributed by atoms with Crippen molar-refractivity contribution in [2.24, 2.45) is 0 Å². The van der Waals surface area contributed by atoms with Crippen molar-refractivity contribution in [3.05, 3.63) is 125 Å². The minimum Gasteiger partial charge on any atom is -0.298 e. The summed E-state index contributed by atoms with van der Waals surface area (Å²) in [6.45, 7) is 0. The summed E-state index contributed by atoms with van der Waals surface area (Å²) in [6, 6.07) is 28.8. The SMILES string of the molecule is N#C/C(=C\c1ccc(-c2ccc(C3=CC=C(c4ccc(-c5ccc(/C=C(\C#N)c6cccs6)s5)s4)C(=N)C3=N)s2)s1)c1cccs1. The highest BCUT2D eigenvalue weighted by Gasteiger charge is 2.24. The van der Waals surface area contributed by atoms with Crippen molar-refractivity contribution < 1.29 is 0 Å². The quantitative estimate of drug-likeness (QED) is 0.122. The van der Waals surface area contributed by atoms with Gasteiger partial charge in [-0.15, -0.1) is 68.0 Å². The van der Waals surface area contributed by atoms with Gasteiger partial charge in [-0.2, -0.15) is 10.5 Å². The zero-order chi connectivity index (χ0) is 31.6. The molecule has 0 fully saturated rings. The van der Waals surface area contributed by atoms with E-state index < -0.39 is 0 Å². The molecule has 0 saturated carbocycles. The number of hydrogen-bond donors (Lipinski definition) is 2. The summed E-state index contributed by atoms with van der Waals surface area (Å²) in [5.41, 5.74) is 3.24. The van der Waals surface area contributed by atoms with Gasteiger partial charge in [0.1, 0.15) is 12.1 Å². The van der Waals surface area contributed by atoms with Crippen LogP contribution in [-0.2, 0) is 0 Å². The minimum atomic E-state index is 0.214. The lowest BCUT2D eigenvalue weighted by atomic mass is 9.92. The molecule has 1 aliphatic rings. The van der Waals surface area contributed by atoms with Crippen LogP contribution in [0, 0.1) is 33.5 Å². The van der Waals surface area contributed by atoms with E-state index in [2.05, 4.69) is 36.4 Å². The highest BCUT2D eigenvalue weighted by molar-refractivity contribution is 7.24. The number of nitrogens with one attached hydrogen (secondary N) is 2. The topological polar surface area (TPSA) is 95.3 Å². The first kappa shape index (κ1) is 30.2. The molecular formula is C36H20N4S6. The van der Waals surface area contributed by atoms with Crippen LogP contribution < -0.4 is 0 Å². The lowest BCUT2D eigenvalue weighted by Gasteiger charge is -2.15. The Morgan fingerprint density at radius 3 is 1.30 bits per heavy atom. The second-order valence-corrected chi connectivity index (χ2v) is 16.2. The van der Waals surface area contributed by atoms with E-state index in [1.807, 2.05) is 83.6 Å². The van der Waals surface area contributed by atoms with Gasteiger partial charge in [-0.1, -0.05) is 24.3 Å². The van der Waals surface area contributed by atoms with Crippen LogP contribution in [0.1, 0.15) is 29.3 Å². The van der Waals surface area contributed by atoms with Crippen LogP contribution in [0.4, 0.5) is 0 Å². The zero-order valence-corrected chi connectivity index (χ0v) is 28.6. The Morgan fingerprint density at radius 1 is 0.522 bits per heavy atom. The van der Waals surface area contributed by atoms with E-state index in [4.69, 9.17) is 10.8 Å². The van der Waals surface area contributed by atoms with Gasteiger partial charge in [0, 0.05) is 59.9 Å². The van der Waals surface area contributed by atoms with E-state index in [1.165, 1.54) is 0 Å². The fourth-order valence-electron chi connectivity index (χ4n) is 4.83. The van der Waals surface area contributed by atoms with Crippen molar-refractivity contribution in [3.8, 4) is 31.6 Å². The van der Waals surface area contributed by atoms with Crippen LogP contribution in [0.2, 0.25) is 0 Å². The molecule has 0 spiro atoms. The summed E-state index contributed by atoms with van der Waals surface area (Å²) in [7, 11) is 0. The molecule has 0 atom stereocenters. The Bertz CT molecular complexity index is 2150. The van der Waals surface area contributed by atoms with E-state index in [0.717, 1.165) is 59.9 Å². The molecule has 46 heavy (non-hydrogen) atoms. The molecule has 220 valence electrons. The zero-order valence-electron chi connectivity index (χ0n) is 23.7. The fraction of sp³-hybridized carbons (Fsp3) is 0. The maximum atomic E-state index is 9.62. The number of nitriles is 2. The normalized spacial score (nSPS) is 13.8. The molecule has 6 aromatic rings. The maximum Gasteiger partial charge on any atom is 0.101 e. The monoisotopic (exact) mass is 700 g/mol. The number of rotatable bonds is 8. The summed E-state index contributed by atoms with van der Waals surface area (Å²) < 4.78 is 0. The summed E-state index contributed by atoms with van der Waals surface area (Å²) in [4.78, 5) is 10.3. The predicted molar refractivity (Wildman–Crippen MR) is 202 cm³/mol. The van der Waals surface area contributed by atoms with Crippen molar-refractivity contribution >= 4 is 114 Å². The van der Waals surface area contributed by atoms with Gasteiger partial charge in [-0.05, 0) is 83.6 Å². The van der Waals surface area contributed by atoms with Crippen LogP contribution >= 0.6 is 68.0 Å². The third-order valence-corrected chi connectivity index (χ3v) is 13.6. The van der Waals surface area contributed by atoms with Crippen LogP contribution in [0.25, 0.3) is 54.0 Å². The minimum absolute atomic E-state index is 0.214. The number of thiophene rings is 6. The summed E-state index contributed by atoms with van der Waals surface area (Å²) in [5, 5.41) is 41.0. The summed E-state index contributed by atoms with van der Waals surface area (Å²) >= 11 is 9.61. The first-order valence-corrected chi connectivity index (χ1v) is 18.9. The van der Waals surface area contributed by atoms with Gasteiger partial charge in [-0.3, -0.25) is 10.8 Å². The maximum absolute atomic E-state index is 9.62.